The maximum absolute atomic E-state index is 13.4. The first kappa shape index (κ1) is 13.7. The zero-order valence-electron chi connectivity index (χ0n) is 8.77. The molecule has 19 heavy (non-hydrogen) atoms. The lowest BCUT2D eigenvalue weighted by molar-refractivity contribution is -0.141. The van der Waals surface area contributed by atoms with E-state index in [0.717, 1.165) is 0 Å². The molecule has 0 aliphatic rings. The van der Waals surface area contributed by atoms with Crippen LogP contribution in [0.2, 0.25) is 5.15 Å². The first-order chi connectivity index (χ1) is 8.70. The molecule has 102 valence electrons. The summed E-state index contributed by atoms with van der Waals surface area (Å²) in [6, 6.07) is 1.00. The lowest BCUT2D eigenvalue weighted by atomic mass is 10.3. The highest BCUT2D eigenvalue weighted by atomic mass is 35.5. The van der Waals surface area contributed by atoms with E-state index in [1.54, 1.807) is 0 Å². The molecule has 2 nitrogen and oxygen atoms in total. The van der Waals surface area contributed by atoms with Crippen molar-refractivity contribution in [3.8, 4) is 5.69 Å². The highest BCUT2D eigenvalue weighted by Crippen LogP contribution is 2.31. The van der Waals surface area contributed by atoms with Crippen LogP contribution in [0.15, 0.2) is 18.2 Å². The van der Waals surface area contributed by atoms with Gasteiger partial charge in [0.25, 0.3) is 0 Å². The number of aromatic nitrogens is 2. The second kappa shape index (κ2) is 4.44. The van der Waals surface area contributed by atoms with Crippen LogP contribution in [0.25, 0.3) is 5.69 Å². The van der Waals surface area contributed by atoms with Crippen molar-refractivity contribution in [1.82, 2.24) is 9.78 Å². The van der Waals surface area contributed by atoms with Gasteiger partial charge in [-0.05, 0) is 0 Å². The van der Waals surface area contributed by atoms with Crippen LogP contribution in [0.3, 0.4) is 0 Å². The van der Waals surface area contributed by atoms with Gasteiger partial charge in [-0.1, -0.05) is 11.6 Å². The lowest BCUT2D eigenvalue weighted by Crippen LogP contribution is -2.08. The molecular formula is C10H3ClF6N2. The van der Waals surface area contributed by atoms with Gasteiger partial charge >= 0.3 is 6.18 Å². The molecule has 1 heterocycles. The Bertz CT molecular complexity index is 634. The van der Waals surface area contributed by atoms with Gasteiger partial charge < -0.3 is 0 Å². The molecule has 0 bridgehead atoms. The summed E-state index contributed by atoms with van der Waals surface area (Å²) in [4.78, 5) is 0. The quantitative estimate of drug-likeness (QED) is 0.576. The summed E-state index contributed by atoms with van der Waals surface area (Å²) in [6.07, 6.45) is -4.79. The molecule has 1 aromatic heterocycles. The Kier molecular flexibility index (Phi) is 3.21. The summed E-state index contributed by atoms with van der Waals surface area (Å²) in [5, 5.41) is 2.43. The van der Waals surface area contributed by atoms with Crippen LogP contribution in [0.4, 0.5) is 26.3 Å². The van der Waals surface area contributed by atoms with Crippen LogP contribution in [0.5, 0.6) is 0 Å². The maximum atomic E-state index is 13.4. The SMILES string of the molecule is Fc1cc(F)c(-n2nc(C(F)(F)F)cc2Cl)cc1F. The Morgan fingerprint density at radius 1 is 0.947 bits per heavy atom. The lowest BCUT2D eigenvalue weighted by Gasteiger charge is -2.06. The molecule has 2 rings (SSSR count). The molecule has 0 fully saturated rings. The normalized spacial score (nSPS) is 11.9. The van der Waals surface area contributed by atoms with E-state index in [2.05, 4.69) is 5.10 Å². The highest BCUT2D eigenvalue weighted by Gasteiger charge is 2.35. The summed E-state index contributed by atoms with van der Waals surface area (Å²) in [5.41, 5.74) is -2.10. The van der Waals surface area contributed by atoms with Gasteiger partial charge in [0.05, 0.1) is 0 Å². The van der Waals surface area contributed by atoms with Gasteiger partial charge in [0.2, 0.25) is 0 Å². The number of alkyl halides is 3. The fourth-order valence-corrected chi connectivity index (χ4v) is 1.57. The van der Waals surface area contributed by atoms with Crippen LogP contribution in [0.1, 0.15) is 5.69 Å². The van der Waals surface area contributed by atoms with E-state index in [-0.39, 0.29) is 6.07 Å². The van der Waals surface area contributed by atoms with Crippen LogP contribution in [-0.4, -0.2) is 9.78 Å². The van der Waals surface area contributed by atoms with Crippen LogP contribution in [-0.2, 0) is 6.18 Å². The van der Waals surface area contributed by atoms with Crippen LogP contribution >= 0.6 is 11.6 Å². The number of nitrogens with zero attached hydrogens (tertiary/aromatic N) is 2. The van der Waals surface area contributed by atoms with E-state index in [4.69, 9.17) is 11.6 Å². The van der Waals surface area contributed by atoms with Crippen molar-refractivity contribution in [1.29, 1.82) is 0 Å². The van der Waals surface area contributed by atoms with Gasteiger partial charge in [0.1, 0.15) is 10.8 Å². The molecular weight excluding hydrogens is 298 g/mol. The maximum Gasteiger partial charge on any atom is 0.435 e. The summed E-state index contributed by atoms with van der Waals surface area (Å²) in [7, 11) is 0. The smallest absolute Gasteiger partial charge is 0.219 e. The minimum atomic E-state index is -4.79. The predicted molar refractivity (Wildman–Crippen MR) is 53.5 cm³/mol. The van der Waals surface area contributed by atoms with Crippen LogP contribution in [0, 0.1) is 17.5 Å². The molecule has 0 saturated heterocycles. The topological polar surface area (TPSA) is 17.8 Å². The number of benzene rings is 1. The monoisotopic (exact) mass is 300 g/mol. The van der Waals surface area contributed by atoms with Gasteiger partial charge in [0.15, 0.2) is 23.1 Å². The van der Waals surface area contributed by atoms with Gasteiger partial charge in [-0.15, -0.1) is 0 Å². The summed E-state index contributed by atoms with van der Waals surface area (Å²) < 4.78 is 76.5. The number of halogens is 7. The van der Waals surface area contributed by atoms with Crippen molar-refractivity contribution in [3.05, 3.63) is 46.5 Å². The molecule has 0 amide bonds. The van der Waals surface area contributed by atoms with Gasteiger partial charge in [-0.25, -0.2) is 17.9 Å². The molecule has 0 aliphatic heterocycles. The third-order valence-electron chi connectivity index (χ3n) is 2.17. The predicted octanol–water partition coefficient (Wildman–Crippen LogP) is 3.96. The Morgan fingerprint density at radius 2 is 1.53 bits per heavy atom. The Labute approximate surface area is 107 Å². The van der Waals surface area contributed by atoms with E-state index in [1.807, 2.05) is 0 Å². The fraction of sp³-hybridized carbons (Fsp3) is 0.100. The van der Waals surface area contributed by atoms with Gasteiger partial charge in [-0.2, -0.15) is 18.3 Å². The molecule has 0 spiro atoms. The number of hydrogen-bond donors (Lipinski definition) is 0. The van der Waals surface area contributed by atoms with Gasteiger partial charge in [-0.3, -0.25) is 0 Å². The second-order valence-electron chi connectivity index (χ2n) is 3.48. The molecule has 0 unspecified atom stereocenters. The Balaban J connectivity index is 2.60. The third-order valence-corrected chi connectivity index (χ3v) is 2.44. The van der Waals surface area contributed by atoms with Crippen molar-refractivity contribution in [2.45, 2.75) is 6.18 Å². The van der Waals surface area contributed by atoms with Gasteiger partial charge in [0, 0.05) is 18.2 Å². The number of rotatable bonds is 1. The van der Waals surface area contributed by atoms with Crippen molar-refractivity contribution in [2.24, 2.45) is 0 Å². The number of hydrogen-bond acceptors (Lipinski definition) is 1. The molecule has 0 aliphatic carbocycles. The summed E-state index contributed by atoms with van der Waals surface area (Å²) in [5.74, 6) is -4.20. The van der Waals surface area contributed by atoms with Crippen molar-refractivity contribution < 1.29 is 26.3 Å². The zero-order valence-corrected chi connectivity index (χ0v) is 9.53. The molecule has 0 radical (unpaired) electrons. The first-order valence-corrected chi connectivity index (χ1v) is 5.05. The average molecular weight is 301 g/mol. The molecule has 9 heteroatoms. The standard InChI is InChI=1S/C10H3ClF6N2/c11-9-3-8(10(15,16)17)18-19(9)7-2-5(13)4(12)1-6(7)14/h1-3H. The largest absolute Gasteiger partial charge is 0.435 e. The summed E-state index contributed by atoms with van der Waals surface area (Å²) in [6.45, 7) is 0. The molecule has 0 atom stereocenters. The molecule has 0 N–H and O–H groups in total. The van der Waals surface area contributed by atoms with Crippen molar-refractivity contribution in [3.63, 3.8) is 0 Å². The van der Waals surface area contributed by atoms with E-state index < -0.39 is 40.2 Å². The minimum Gasteiger partial charge on any atom is -0.219 e. The fourth-order valence-electron chi connectivity index (χ4n) is 1.34. The second-order valence-corrected chi connectivity index (χ2v) is 3.87. The molecule has 1 aromatic carbocycles. The first-order valence-electron chi connectivity index (χ1n) is 4.68. The van der Waals surface area contributed by atoms with E-state index in [9.17, 15) is 26.3 Å². The van der Waals surface area contributed by atoms with E-state index in [0.29, 0.717) is 16.8 Å². The zero-order chi connectivity index (χ0) is 14.4. The van der Waals surface area contributed by atoms with Crippen molar-refractivity contribution in [2.75, 3.05) is 0 Å². The van der Waals surface area contributed by atoms with Crippen LogP contribution < -0.4 is 0 Å². The van der Waals surface area contributed by atoms with Crippen molar-refractivity contribution >= 4 is 11.6 Å². The molecule has 0 saturated carbocycles. The van der Waals surface area contributed by atoms with E-state index >= 15 is 0 Å². The minimum absolute atomic E-state index is 0.190. The average Bonchev–Trinajstić information content (AvgIpc) is 2.65. The Morgan fingerprint density at radius 3 is 2.05 bits per heavy atom. The highest BCUT2D eigenvalue weighted by molar-refractivity contribution is 6.29. The van der Waals surface area contributed by atoms with E-state index in [1.165, 1.54) is 0 Å². The Hall–Kier alpha value is -1.70. The molecule has 2 aromatic rings. The summed E-state index contributed by atoms with van der Waals surface area (Å²) >= 11 is 5.47. The third kappa shape index (κ3) is 2.53.